The molecular weight excluding hydrogens is 407 g/mol. The van der Waals surface area contributed by atoms with Crippen molar-refractivity contribution >= 4 is 33.3 Å². The second-order valence-electron chi connectivity index (χ2n) is 5.29. The molecule has 27 heavy (non-hydrogen) atoms. The van der Waals surface area contributed by atoms with E-state index in [1.807, 2.05) is 0 Å². The van der Waals surface area contributed by atoms with Gasteiger partial charge in [0.05, 0.1) is 27.8 Å². The molecule has 0 N–H and O–H groups in total. The van der Waals surface area contributed by atoms with Crippen LogP contribution < -0.4 is 4.31 Å². The first kappa shape index (κ1) is 21.0. The summed E-state index contributed by atoms with van der Waals surface area (Å²) in [7, 11) is -4.32. The summed E-state index contributed by atoms with van der Waals surface area (Å²) in [6, 6.07) is 9.65. The third kappa shape index (κ3) is 4.92. The number of nitrogens with zero attached hydrogens (tertiary/aromatic N) is 1. The van der Waals surface area contributed by atoms with Gasteiger partial charge in [0, 0.05) is 0 Å². The number of carbonyl (C=O) groups is 1. The summed E-state index contributed by atoms with van der Waals surface area (Å²) >= 11 is 5.59. The molecule has 0 spiro atoms. The Morgan fingerprint density at radius 1 is 1.15 bits per heavy atom. The van der Waals surface area contributed by atoms with E-state index in [1.54, 1.807) is 6.07 Å². The van der Waals surface area contributed by atoms with Gasteiger partial charge in [-0.05, 0) is 37.3 Å². The molecule has 0 saturated carbocycles. The minimum atomic E-state index is -4.79. The summed E-state index contributed by atoms with van der Waals surface area (Å²) in [5, 5.41) is -0.584. The second-order valence-corrected chi connectivity index (χ2v) is 7.56. The Morgan fingerprint density at radius 3 is 2.33 bits per heavy atom. The molecule has 0 atom stereocenters. The van der Waals surface area contributed by atoms with Gasteiger partial charge in [-0.2, -0.15) is 13.2 Å². The molecule has 146 valence electrons. The Kier molecular flexibility index (Phi) is 6.38. The quantitative estimate of drug-likeness (QED) is 0.658. The number of ether oxygens (including phenoxy) is 1. The van der Waals surface area contributed by atoms with Crippen molar-refractivity contribution in [2.24, 2.45) is 0 Å². The summed E-state index contributed by atoms with van der Waals surface area (Å²) in [6.45, 7) is 0.731. The molecule has 0 aliphatic carbocycles. The molecule has 0 heterocycles. The van der Waals surface area contributed by atoms with E-state index in [2.05, 4.69) is 0 Å². The molecule has 2 aromatic rings. The Bertz CT molecular complexity index is 918. The Labute approximate surface area is 159 Å². The summed E-state index contributed by atoms with van der Waals surface area (Å²) in [4.78, 5) is 11.7. The maximum absolute atomic E-state index is 13.2. The van der Waals surface area contributed by atoms with Crippen LogP contribution >= 0.6 is 11.6 Å². The molecule has 0 aromatic heterocycles. The Balaban J connectivity index is 2.59. The predicted octanol–water partition coefficient (Wildman–Crippen LogP) is 4.12. The third-order valence-corrected chi connectivity index (χ3v) is 5.57. The fourth-order valence-corrected chi connectivity index (χ4v) is 3.89. The molecule has 0 aliphatic rings. The van der Waals surface area contributed by atoms with Crippen molar-refractivity contribution in [2.45, 2.75) is 18.0 Å². The van der Waals surface area contributed by atoms with Gasteiger partial charge in [0.25, 0.3) is 10.0 Å². The van der Waals surface area contributed by atoms with E-state index in [9.17, 15) is 26.4 Å². The van der Waals surface area contributed by atoms with Crippen LogP contribution in [0.2, 0.25) is 5.02 Å². The van der Waals surface area contributed by atoms with Crippen LogP contribution in [0.5, 0.6) is 0 Å². The topological polar surface area (TPSA) is 63.7 Å². The number of sulfonamides is 1. The highest BCUT2D eigenvalue weighted by molar-refractivity contribution is 7.92. The van der Waals surface area contributed by atoms with Gasteiger partial charge in [-0.3, -0.25) is 9.10 Å². The van der Waals surface area contributed by atoms with Crippen molar-refractivity contribution in [3.8, 4) is 0 Å². The van der Waals surface area contributed by atoms with Crippen LogP contribution in [-0.2, 0) is 25.7 Å². The molecule has 0 radical (unpaired) electrons. The van der Waals surface area contributed by atoms with Gasteiger partial charge in [0.15, 0.2) is 0 Å². The summed E-state index contributed by atoms with van der Waals surface area (Å²) < 4.78 is 70.6. The predicted molar refractivity (Wildman–Crippen MR) is 94.1 cm³/mol. The summed E-state index contributed by atoms with van der Waals surface area (Å²) in [6.07, 6.45) is -4.79. The highest BCUT2D eigenvalue weighted by Crippen LogP contribution is 2.37. The van der Waals surface area contributed by atoms with Crippen molar-refractivity contribution in [3.63, 3.8) is 0 Å². The number of halogens is 4. The number of alkyl halides is 3. The molecule has 0 fully saturated rings. The van der Waals surface area contributed by atoms with Crippen molar-refractivity contribution < 1.29 is 31.1 Å². The van der Waals surface area contributed by atoms with Gasteiger partial charge in [-0.1, -0.05) is 29.8 Å². The van der Waals surface area contributed by atoms with Gasteiger partial charge < -0.3 is 4.74 Å². The Hall–Kier alpha value is -2.26. The van der Waals surface area contributed by atoms with Crippen LogP contribution in [-0.4, -0.2) is 27.5 Å². The minimum absolute atomic E-state index is 0.00746. The van der Waals surface area contributed by atoms with Gasteiger partial charge in [0.1, 0.15) is 6.54 Å². The van der Waals surface area contributed by atoms with Crippen LogP contribution in [0, 0.1) is 0 Å². The second kappa shape index (κ2) is 8.18. The van der Waals surface area contributed by atoms with Crippen LogP contribution in [0.15, 0.2) is 53.4 Å². The average Bonchev–Trinajstić information content (AvgIpc) is 2.60. The van der Waals surface area contributed by atoms with Crippen LogP contribution in [0.4, 0.5) is 18.9 Å². The minimum Gasteiger partial charge on any atom is -0.465 e. The van der Waals surface area contributed by atoms with E-state index in [0.29, 0.717) is 10.4 Å². The molecule has 0 saturated heterocycles. The third-order valence-electron chi connectivity index (χ3n) is 3.45. The molecule has 0 bridgehead atoms. The lowest BCUT2D eigenvalue weighted by Gasteiger charge is -2.24. The average molecular weight is 422 g/mol. The van der Waals surface area contributed by atoms with Crippen LogP contribution in [0.25, 0.3) is 0 Å². The summed E-state index contributed by atoms with van der Waals surface area (Å²) in [5.74, 6) is -0.902. The summed E-state index contributed by atoms with van der Waals surface area (Å²) in [5.41, 5.74) is -1.57. The standard InChI is InChI=1S/C17H15ClF3NO4S/c1-2-26-16(23)11-22(27(24,25)13-6-4-3-5-7-13)12-8-9-15(18)14(10-12)17(19,20)21/h3-10H,2,11H2,1H3. The van der Waals surface area contributed by atoms with Crippen molar-refractivity contribution in [3.05, 3.63) is 59.1 Å². The number of anilines is 1. The molecular formula is C17H15ClF3NO4S. The van der Waals surface area contributed by atoms with E-state index in [-0.39, 0.29) is 17.2 Å². The number of hydrogen-bond acceptors (Lipinski definition) is 4. The number of rotatable bonds is 6. The van der Waals surface area contributed by atoms with Crippen LogP contribution in [0.1, 0.15) is 12.5 Å². The fraction of sp³-hybridized carbons (Fsp3) is 0.235. The van der Waals surface area contributed by atoms with Gasteiger partial charge in [-0.25, -0.2) is 8.42 Å². The molecule has 2 aromatic carbocycles. The normalized spacial score (nSPS) is 11.9. The van der Waals surface area contributed by atoms with E-state index in [4.69, 9.17) is 16.3 Å². The molecule has 0 unspecified atom stereocenters. The zero-order chi connectivity index (χ0) is 20.2. The number of hydrogen-bond donors (Lipinski definition) is 0. The lowest BCUT2D eigenvalue weighted by molar-refractivity contribution is -0.141. The molecule has 10 heteroatoms. The van der Waals surface area contributed by atoms with E-state index < -0.39 is 39.3 Å². The van der Waals surface area contributed by atoms with Crippen molar-refractivity contribution in [1.29, 1.82) is 0 Å². The number of benzene rings is 2. The molecule has 0 aliphatic heterocycles. The van der Waals surface area contributed by atoms with Gasteiger partial charge >= 0.3 is 12.1 Å². The maximum atomic E-state index is 13.2. The zero-order valence-corrected chi connectivity index (χ0v) is 15.6. The first-order chi connectivity index (χ1) is 12.6. The SMILES string of the molecule is CCOC(=O)CN(c1ccc(Cl)c(C(F)(F)F)c1)S(=O)(=O)c1ccccc1. The van der Waals surface area contributed by atoms with Crippen LogP contribution in [0.3, 0.4) is 0 Å². The lowest BCUT2D eigenvalue weighted by atomic mass is 10.2. The monoisotopic (exact) mass is 421 g/mol. The molecule has 2 rings (SSSR count). The highest BCUT2D eigenvalue weighted by Gasteiger charge is 2.35. The first-order valence-corrected chi connectivity index (χ1v) is 9.49. The number of carbonyl (C=O) groups excluding carboxylic acids is 1. The highest BCUT2D eigenvalue weighted by atomic mass is 35.5. The van der Waals surface area contributed by atoms with Crippen molar-refractivity contribution in [2.75, 3.05) is 17.5 Å². The van der Waals surface area contributed by atoms with Gasteiger partial charge in [0.2, 0.25) is 0 Å². The number of esters is 1. The fourth-order valence-electron chi connectivity index (χ4n) is 2.24. The largest absolute Gasteiger partial charge is 0.465 e. The molecule has 5 nitrogen and oxygen atoms in total. The van der Waals surface area contributed by atoms with E-state index in [1.165, 1.54) is 31.2 Å². The van der Waals surface area contributed by atoms with E-state index >= 15 is 0 Å². The maximum Gasteiger partial charge on any atom is 0.417 e. The zero-order valence-electron chi connectivity index (χ0n) is 14.0. The first-order valence-electron chi connectivity index (χ1n) is 7.67. The lowest BCUT2D eigenvalue weighted by Crippen LogP contribution is -2.36. The smallest absolute Gasteiger partial charge is 0.417 e. The molecule has 0 amide bonds. The van der Waals surface area contributed by atoms with Gasteiger partial charge in [-0.15, -0.1) is 0 Å². The van der Waals surface area contributed by atoms with E-state index in [0.717, 1.165) is 12.1 Å². The van der Waals surface area contributed by atoms with Crippen molar-refractivity contribution in [1.82, 2.24) is 0 Å². The Morgan fingerprint density at radius 2 is 1.78 bits per heavy atom.